The first kappa shape index (κ1) is 20.3. The van der Waals surface area contributed by atoms with Crippen molar-refractivity contribution in [2.45, 2.75) is 0 Å². The summed E-state index contributed by atoms with van der Waals surface area (Å²) < 4.78 is 5.26. The molecule has 0 radical (unpaired) electrons. The number of rotatable bonds is 3. The standard InChI is InChI=1S/C21H18Cl2N4O3/c22-14-6-7-16(17(23)12-14)19-25-18(20(28)30-19)13-26-8-10-27(11-9-26)21(29)24-15-4-2-1-3-5-15/h1-7,12-13H,8-11H2,(H,24,29)/b18-13+. The maximum atomic E-state index is 12.4. The average Bonchev–Trinajstić information content (AvgIpc) is 3.09. The number of benzene rings is 2. The van der Waals surface area contributed by atoms with Crippen molar-refractivity contribution in [3.8, 4) is 0 Å². The summed E-state index contributed by atoms with van der Waals surface area (Å²) in [7, 11) is 0. The lowest BCUT2D eigenvalue weighted by atomic mass is 10.2. The number of anilines is 1. The van der Waals surface area contributed by atoms with Gasteiger partial charge in [-0.05, 0) is 30.3 Å². The van der Waals surface area contributed by atoms with Crippen molar-refractivity contribution in [2.75, 3.05) is 31.5 Å². The summed E-state index contributed by atoms with van der Waals surface area (Å²) in [6, 6.07) is 14.0. The Bertz CT molecular complexity index is 1030. The number of aliphatic imine (C=N–C) groups is 1. The first-order chi connectivity index (χ1) is 14.5. The topological polar surface area (TPSA) is 74.2 Å². The lowest BCUT2D eigenvalue weighted by Crippen LogP contribution is -2.48. The quantitative estimate of drug-likeness (QED) is 0.573. The highest BCUT2D eigenvalue weighted by molar-refractivity contribution is 6.37. The maximum Gasteiger partial charge on any atom is 0.365 e. The van der Waals surface area contributed by atoms with E-state index in [1.165, 1.54) is 0 Å². The Labute approximate surface area is 183 Å². The van der Waals surface area contributed by atoms with Gasteiger partial charge in [-0.2, -0.15) is 0 Å². The number of hydrogen-bond acceptors (Lipinski definition) is 5. The molecule has 1 saturated heterocycles. The number of amides is 2. The predicted octanol–water partition coefficient (Wildman–Crippen LogP) is 3.99. The molecule has 7 nitrogen and oxygen atoms in total. The Hall–Kier alpha value is -3.03. The normalized spacial score (nSPS) is 17.7. The Morgan fingerprint density at radius 2 is 1.80 bits per heavy atom. The average molecular weight is 445 g/mol. The number of halogens is 2. The molecule has 30 heavy (non-hydrogen) atoms. The molecule has 2 amide bonds. The van der Waals surface area contributed by atoms with Crippen molar-refractivity contribution in [3.63, 3.8) is 0 Å². The second-order valence-electron chi connectivity index (χ2n) is 6.76. The Kier molecular flexibility index (Phi) is 5.92. The molecule has 2 aromatic rings. The van der Waals surface area contributed by atoms with E-state index in [1.54, 1.807) is 29.3 Å². The molecule has 9 heteroatoms. The summed E-state index contributed by atoms with van der Waals surface area (Å²) in [6.07, 6.45) is 1.66. The fourth-order valence-corrected chi connectivity index (χ4v) is 3.62. The van der Waals surface area contributed by atoms with Gasteiger partial charge in [0.25, 0.3) is 0 Å². The smallest absolute Gasteiger partial charge is 0.365 e. The third-order valence-corrected chi connectivity index (χ3v) is 5.26. The number of urea groups is 1. The van der Waals surface area contributed by atoms with Gasteiger partial charge in [0, 0.05) is 43.1 Å². The first-order valence-corrected chi connectivity index (χ1v) is 10.1. The third-order valence-electron chi connectivity index (χ3n) is 4.71. The molecular weight excluding hydrogens is 427 g/mol. The monoisotopic (exact) mass is 444 g/mol. The molecule has 0 saturated carbocycles. The lowest BCUT2D eigenvalue weighted by molar-refractivity contribution is -0.130. The number of para-hydroxylation sites is 1. The number of piperazine rings is 1. The molecule has 0 aliphatic carbocycles. The number of esters is 1. The number of ether oxygens (including phenoxy) is 1. The summed E-state index contributed by atoms with van der Waals surface area (Å²) in [4.78, 5) is 32.6. The van der Waals surface area contributed by atoms with E-state index in [1.807, 2.05) is 35.2 Å². The van der Waals surface area contributed by atoms with Crippen LogP contribution in [0.4, 0.5) is 10.5 Å². The number of cyclic esters (lactones) is 1. The second kappa shape index (κ2) is 8.77. The van der Waals surface area contributed by atoms with Gasteiger partial charge in [-0.25, -0.2) is 14.6 Å². The molecule has 2 aromatic carbocycles. The van der Waals surface area contributed by atoms with Crippen molar-refractivity contribution >= 4 is 46.8 Å². The van der Waals surface area contributed by atoms with Gasteiger partial charge in [-0.15, -0.1) is 0 Å². The number of carbonyl (C=O) groups excluding carboxylic acids is 2. The van der Waals surface area contributed by atoms with Crippen LogP contribution < -0.4 is 5.32 Å². The highest BCUT2D eigenvalue weighted by Gasteiger charge is 2.27. The Morgan fingerprint density at radius 1 is 1.07 bits per heavy atom. The van der Waals surface area contributed by atoms with E-state index in [2.05, 4.69) is 10.3 Å². The molecule has 4 rings (SSSR count). The Balaban J connectivity index is 1.38. The van der Waals surface area contributed by atoms with Gasteiger partial charge < -0.3 is 19.9 Å². The van der Waals surface area contributed by atoms with E-state index in [-0.39, 0.29) is 17.6 Å². The van der Waals surface area contributed by atoms with Crippen LogP contribution in [0.15, 0.2) is 65.4 Å². The minimum atomic E-state index is -0.541. The van der Waals surface area contributed by atoms with Gasteiger partial charge in [0.05, 0.1) is 10.6 Å². The van der Waals surface area contributed by atoms with Crippen LogP contribution in [0, 0.1) is 0 Å². The SMILES string of the molecule is O=C1OC(c2ccc(Cl)cc2Cl)=N/C1=C/N1CCN(C(=O)Nc2ccccc2)CC1. The number of carbonyl (C=O) groups is 2. The predicted molar refractivity (Wildman–Crippen MR) is 116 cm³/mol. The van der Waals surface area contributed by atoms with Crippen LogP contribution in [-0.4, -0.2) is 53.9 Å². The van der Waals surface area contributed by atoms with Crippen molar-refractivity contribution < 1.29 is 14.3 Å². The number of nitrogens with zero attached hydrogens (tertiary/aromatic N) is 3. The molecule has 2 aliphatic rings. The van der Waals surface area contributed by atoms with Crippen molar-refractivity contribution in [1.82, 2.24) is 9.80 Å². The molecular formula is C21H18Cl2N4O3. The van der Waals surface area contributed by atoms with Crippen LogP contribution >= 0.6 is 23.2 Å². The highest BCUT2D eigenvalue weighted by Crippen LogP contribution is 2.25. The van der Waals surface area contributed by atoms with Crippen LogP contribution in [-0.2, 0) is 9.53 Å². The molecule has 1 N–H and O–H groups in total. The van der Waals surface area contributed by atoms with E-state index in [9.17, 15) is 9.59 Å². The molecule has 0 atom stereocenters. The molecule has 154 valence electrons. The second-order valence-corrected chi connectivity index (χ2v) is 7.61. The lowest BCUT2D eigenvalue weighted by Gasteiger charge is -2.34. The summed E-state index contributed by atoms with van der Waals surface area (Å²) in [6.45, 7) is 2.20. The zero-order valence-corrected chi connectivity index (χ0v) is 17.4. The number of nitrogens with one attached hydrogen (secondary N) is 1. The van der Waals surface area contributed by atoms with Crippen LogP contribution in [0.5, 0.6) is 0 Å². The molecule has 0 bridgehead atoms. The largest absolute Gasteiger partial charge is 0.402 e. The van der Waals surface area contributed by atoms with Crippen LogP contribution in [0.1, 0.15) is 5.56 Å². The first-order valence-electron chi connectivity index (χ1n) is 9.33. The van der Waals surface area contributed by atoms with Crippen LogP contribution in [0.3, 0.4) is 0 Å². The molecule has 0 spiro atoms. The third kappa shape index (κ3) is 4.58. The molecule has 1 fully saturated rings. The van der Waals surface area contributed by atoms with Crippen LogP contribution in [0.25, 0.3) is 0 Å². The fourth-order valence-electron chi connectivity index (χ4n) is 3.13. The van der Waals surface area contributed by atoms with E-state index >= 15 is 0 Å². The zero-order chi connectivity index (χ0) is 21.1. The summed E-state index contributed by atoms with van der Waals surface area (Å²) in [5.74, 6) is -0.394. The minimum Gasteiger partial charge on any atom is -0.402 e. The van der Waals surface area contributed by atoms with Crippen molar-refractivity contribution in [3.05, 3.63) is 76.0 Å². The van der Waals surface area contributed by atoms with E-state index in [4.69, 9.17) is 27.9 Å². The fraction of sp³-hybridized carbons (Fsp3) is 0.190. The number of hydrogen-bond donors (Lipinski definition) is 1. The van der Waals surface area contributed by atoms with Crippen LogP contribution in [0.2, 0.25) is 10.0 Å². The summed E-state index contributed by atoms with van der Waals surface area (Å²) in [5.41, 5.74) is 1.45. The van der Waals surface area contributed by atoms with Gasteiger partial charge in [-0.3, -0.25) is 0 Å². The Morgan fingerprint density at radius 3 is 2.50 bits per heavy atom. The molecule has 2 heterocycles. The summed E-state index contributed by atoms with van der Waals surface area (Å²) in [5, 5.41) is 3.71. The van der Waals surface area contributed by atoms with Crippen molar-refractivity contribution in [2.24, 2.45) is 4.99 Å². The van der Waals surface area contributed by atoms with Gasteiger partial charge in [0.15, 0.2) is 5.70 Å². The van der Waals surface area contributed by atoms with E-state index in [0.29, 0.717) is 41.8 Å². The van der Waals surface area contributed by atoms with Gasteiger partial charge in [-0.1, -0.05) is 41.4 Å². The maximum absolute atomic E-state index is 12.4. The van der Waals surface area contributed by atoms with Gasteiger partial charge in [0.1, 0.15) is 0 Å². The van der Waals surface area contributed by atoms with E-state index < -0.39 is 5.97 Å². The molecule has 2 aliphatic heterocycles. The van der Waals surface area contributed by atoms with Gasteiger partial charge in [0.2, 0.25) is 5.90 Å². The molecule has 0 unspecified atom stereocenters. The zero-order valence-electron chi connectivity index (χ0n) is 15.8. The highest BCUT2D eigenvalue weighted by atomic mass is 35.5. The summed E-state index contributed by atoms with van der Waals surface area (Å²) >= 11 is 12.1. The minimum absolute atomic E-state index is 0.147. The molecule has 0 aromatic heterocycles. The van der Waals surface area contributed by atoms with E-state index in [0.717, 1.165) is 5.69 Å². The van der Waals surface area contributed by atoms with Gasteiger partial charge >= 0.3 is 12.0 Å². The van der Waals surface area contributed by atoms with Crippen molar-refractivity contribution in [1.29, 1.82) is 0 Å².